The molecule has 1 aromatic rings. The molecule has 0 spiro atoms. The van der Waals surface area contributed by atoms with Crippen LogP contribution in [0.2, 0.25) is 0 Å². The van der Waals surface area contributed by atoms with Crippen molar-refractivity contribution >= 4 is 33.8 Å². The molecule has 1 heterocycles. The van der Waals surface area contributed by atoms with E-state index in [2.05, 4.69) is 25.5 Å². The van der Waals surface area contributed by atoms with E-state index in [0.29, 0.717) is 4.21 Å². The first-order valence-corrected chi connectivity index (χ1v) is 8.11. The summed E-state index contributed by atoms with van der Waals surface area (Å²) < 4.78 is 27.0. The van der Waals surface area contributed by atoms with Crippen molar-refractivity contribution in [2.75, 3.05) is 6.54 Å². The zero-order valence-electron chi connectivity index (χ0n) is 12.0. The van der Waals surface area contributed by atoms with Crippen LogP contribution in [0.25, 0.3) is 0 Å². The van der Waals surface area contributed by atoms with E-state index in [1.54, 1.807) is 19.9 Å². The highest BCUT2D eigenvalue weighted by molar-refractivity contribution is 7.91. The Morgan fingerprint density at radius 3 is 2.11 bits per heavy atom. The fourth-order valence-electron chi connectivity index (χ4n) is 1.22. The minimum atomic E-state index is -3.44. The molecule has 1 rings (SSSR count). The molecular weight excluding hydrogens is 304 g/mol. The molecule has 0 atom stereocenters. The molecule has 19 heavy (non-hydrogen) atoms. The zero-order valence-corrected chi connectivity index (χ0v) is 14.4. The first-order valence-electron chi connectivity index (χ1n) is 5.81. The third kappa shape index (κ3) is 5.79. The second-order valence-electron chi connectivity index (χ2n) is 6.18. The van der Waals surface area contributed by atoms with Crippen molar-refractivity contribution in [3.8, 4) is 0 Å². The van der Waals surface area contributed by atoms with Gasteiger partial charge in [-0.15, -0.1) is 23.7 Å². The van der Waals surface area contributed by atoms with Gasteiger partial charge in [0.05, 0.1) is 0 Å². The maximum absolute atomic E-state index is 12.1. The van der Waals surface area contributed by atoms with Gasteiger partial charge in [0.2, 0.25) is 10.0 Å². The van der Waals surface area contributed by atoms with Crippen LogP contribution in [0.1, 0.15) is 39.5 Å². The van der Waals surface area contributed by atoms with Crippen LogP contribution in [0.4, 0.5) is 0 Å². The smallest absolute Gasteiger partial charge is 0.250 e. The molecule has 7 heteroatoms. The number of thiophene rings is 1. The molecule has 0 bridgehead atoms. The Balaban J connectivity index is 0.00000324. The maximum Gasteiger partial charge on any atom is 0.250 e. The third-order valence-corrected chi connectivity index (χ3v) is 5.71. The predicted octanol–water partition coefficient (Wildman–Crippen LogP) is 2.48. The topological polar surface area (TPSA) is 72.2 Å². The first-order chi connectivity index (χ1) is 7.92. The molecule has 3 N–H and O–H groups in total. The van der Waals surface area contributed by atoms with Gasteiger partial charge in [-0.05, 0) is 31.4 Å². The van der Waals surface area contributed by atoms with E-state index in [1.807, 2.05) is 6.07 Å². The standard InChI is InChI=1S/C12H22N2O2S2.ClH/c1-11(2,3)9-6-7-10(17-9)18(15,16)14-8-12(4,5)13;/h6-7,14H,8,13H2,1-5H3;1H. The molecule has 0 aromatic carbocycles. The number of nitrogens with one attached hydrogen (secondary N) is 1. The number of hydrogen-bond donors (Lipinski definition) is 2. The lowest BCUT2D eigenvalue weighted by Crippen LogP contribution is -2.44. The van der Waals surface area contributed by atoms with Crippen LogP contribution in [0.15, 0.2) is 16.3 Å². The van der Waals surface area contributed by atoms with Crippen molar-refractivity contribution in [2.24, 2.45) is 5.73 Å². The molecule has 0 aliphatic heterocycles. The summed E-state index contributed by atoms with van der Waals surface area (Å²) in [5.41, 5.74) is 5.18. The van der Waals surface area contributed by atoms with Gasteiger partial charge in [0.1, 0.15) is 4.21 Å². The van der Waals surface area contributed by atoms with Gasteiger partial charge in [-0.1, -0.05) is 20.8 Å². The second kappa shape index (κ2) is 6.10. The molecule has 0 amide bonds. The Kier molecular flexibility index (Phi) is 6.05. The van der Waals surface area contributed by atoms with Gasteiger partial charge in [-0.25, -0.2) is 13.1 Å². The average Bonchev–Trinajstić information content (AvgIpc) is 2.62. The summed E-state index contributed by atoms with van der Waals surface area (Å²) in [6, 6.07) is 3.52. The van der Waals surface area contributed by atoms with Crippen molar-refractivity contribution < 1.29 is 8.42 Å². The van der Waals surface area contributed by atoms with Crippen LogP contribution in [0.5, 0.6) is 0 Å². The summed E-state index contributed by atoms with van der Waals surface area (Å²) in [4.78, 5) is 1.05. The Labute approximate surface area is 126 Å². The Morgan fingerprint density at radius 1 is 1.21 bits per heavy atom. The van der Waals surface area contributed by atoms with Gasteiger partial charge < -0.3 is 5.73 Å². The number of nitrogens with two attached hydrogens (primary N) is 1. The predicted molar refractivity (Wildman–Crippen MR) is 83.7 cm³/mol. The molecule has 112 valence electrons. The maximum atomic E-state index is 12.1. The van der Waals surface area contributed by atoms with Crippen molar-refractivity contribution in [3.05, 3.63) is 17.0 Å². The first kappa shape index (κ1) is 18.9. The van der Waals surface area contributed by atoms with Crippen molar-refractivity contribution in [1.82, 2.24) is 4.72 Å². The Morgan fingerprint density at radius 2 is 1.74 bits per heavy atom. The van der Waals surface area contributed by atoms with Crippen LogP contribution in [0, 0.1) is 0 Å². The van der Waals surface area contributed by atoms with Crippen LogP contribution in [0.3, 0.4) is 0 Å². The molecule has 0 radical (unpaired) electrons. The van der Waals surface area contributed by atoms with Crippen LogP contribution in [-0.2, 0) is 15.4 Å². The van der Waals surface area contributed by atoms with Gasteiger partial charge >= 0.3 is 0 Å². The van der Waals surface area contributed by atoms with Gasteiger partial charge in [-0.3, -0.25) is 0 Å². The molecule has 1 aromatic heterocycles. The number of sulfonamides is 1. The molecule has 0 saturated heterocycles. The number of hydrogen-bond acceptors (Lipinski definition) is 4. The van der Waals surface area contributed by atoms with E-state index in [-0.39, 0.29) is 24.4 Å². The Hall–Kier alpha value is -0.140. The summed E-state index contributed by atoms with van der Waals surface area (Å²) >= 11 is 1.31. The summed E-state index contributed by atoms with van der Waals surface area (Å²) in [6.07, 6.45) is 0. The van der Waals surface area contributed by atoms with Gasteiger partial charge in [0.15, 0.2) is 0 Å². The van der Waals surface area contributed by atoms with E-state index in [1.165, 1.54) is 11.3 Å². The van der Waals surface area contributed by atoms with Gasteiger partial charge in [-0.2, -0.15) is 0 Å². The lowest BCUT2D eigenvalue weighted by molar-refractivity contribution is 0.498. The lowest BCUT2D eigenvalue weighted by atomic mass is 9.95. The monoisotopic (exact) mass is 326 g/mol. The highest BCUT2D eigenvalue weighted by atomic mass is 35.5. The van der Waals surface area contributed by atoms with E-state index < -0.39 is 15.6 Å². The zero-order chi connectivity index (χ0) is 14.2. The molecule has 0 saturated carbocycles. The Bertz CT molecular complexity index is 511. The number of rotatable bonds is 4. The second-order valence-corrected chi connectivity index (χ2v) is 9.26. The fourth-order valence-corrected chi connectivity index (χ4v) is 3.85. The summed E-state index contributed by atoms with van der Waals surface area (Å²) in [6.45, 7) is 9.97. The summed E-state index contributed by atoms with van der Waals surface area (Å²) in [5.74, 6) is 0. The quantitative estimate of drug-likeness (QED) is 0.892. The minimum absolute atomic E-state index is 0. The van der Waals surface area contributed by atoms with Crippen LogP contribution >= 0.6 is 23.7 Å². The molecule has 4 nitrogen and oxygen atoms in total. The van der Waals surface area contributed by atoms with E-state index >= 15 is 0 Å². The number of halogens is 1. The molecular formula is C12H23ClN2O2S2. The molecule has 0 aliphatic carbocycles. The van der Waals surface area contributed by atoms with Crippen LogP contribution < -0.4 is 10.5 Å². The minimum Gasteiger partial charge on any atom is -0.324 e. The summed E-state index contributed by atoms with van der Waals surface area (Å²) in [5, 5.41) is 0. The van der Waals surface area contributed by atoms with Crippen LogP contribution in [-0.4, -0.2) is 20.5 Å². The molecule has 0 fully saturated rings. The SMILES string of the molecule is CC(C)(N)CNS(=O)(=O)c1ccc(C(C)(C)C)s1.Cl. The normalized spacial score (nSPS) is 13.2. The van der Waals surface area contributed by atoms with E-state index in [4.69, 9.17) is 5.73 Å². The van der Waals surface area contributed by atoms with Crippen molar-refractivity contribution in [3.63, 3.8) is 0 Å². The van der Waals surface area contributed by atoms with E-state index in [0.717, 1.165) is 4.88 Å². The average molecular weight is 327 g/mol. The van der Waals surface area contributed by atoms with Crippen molar-refractivity contribution in [2.45, 2.75) is 49.8 Å². The lowest BCUT2D eigenvalue weighted by Gasteiger charge is -2.18. The third-order valence-electron chi connectivity index (χ3n) is 2.30. The highest BCUT2D eigenvalue weighted by Gasteiger charge is 2.23. The van der Waals surface area contributed by atoms with Gasteiger partial charge in [0, 0.05) is 17.0 Å². The highest BCUT2D eigenvalue weighted by Crippen LogP contribution is 2.31. The van der Waals surface area contributed by atoms with Crippen molar-refractivity contribution in [1.29, 1.82) is 0 Å². The fraction of sp³-hybridized carbons (Fsp3) is 0.667. The van der Waals surface area contributed by atoms with E-state index in [9.17, 15) is 8.42 Å². The molecule has 0 unspecified atom stereocenters. The van der Waals surface area contributed by atoms with Gasteiger partial charge in [0.25, 0.3) is 0 Å². The largest absolute Gasteiger partial charge is 0.324 e. The summed E-state index contributed by atoms with van der Waals surface area (Å²) in [7, 11) is -3.44. The molecule has 0 aliphatic rings.